The fourth-order valence-electron chi connectivity index (χ4n) is 1.57. The Kier molecular flexibility index (Phi) is 3.94. The number of nitrogens with two attached hydrogens (primary N) is 1. The molecule has 2 rings (SSSR count). The maximum Gasteiger partial charge on any atom is 0.138 e. The highest BCUT2D eigenvalue weighted by molar-refractivity contribution is 7.08. The molecule has 1 aromatic carbocycles. The van der Waals surface area contributed by atoms with Crippen molar-refractivity contribution < 1.29 is 4.74 Å². The van der Waals surface area contributed by atoms with Gasteiger partial charge in [-0.2, -0.15) is 11.3 Å². The monoisotopic (exact) mass is 287 g/mol. The predicted molar refractivity (Wildman–Crippen MR) is 73.4 cm³/mol. The summed E-state index contributed by atoms with van der Waals surface area (Å²) in [6, 6.07) is 5.15. The Morgan fingerprint density at radius 2 is 2.06 bits per heavy atom. The highest BCUT2D eigenvalue weighted by Gasteiger charge is 2.15. The lowest BCUT2D eigenvalue weighted by molar-refractivity contribution is 0.415. The van der Waals surface area contributed by atoms with Crippen LogP contribution in [-0.2, 0) is 0 Å². The molecule has 0 fully saturated rings. The van der Waals surface area contributed by atoms with Gasteiger partial charge in [0.25, 0.3) is 0 Å². The van der Waals surface area contributed by atoms with Crippen LogP contribution in [0, 0.1) is 0 Å². The van der Waals surface area contributed by atoms with Gasteiger partial charge in [-0.3, -0.25) is 0 Å². The van der Waals surface area contributed by atoms with E-state index in [9.17, 15) is 0 Å². The van der Waals surface area contributed by atoms with Crippen molar-refractivity contribution in [2.24, 2.45) is 5.73 Å². The molecular formula is C12H11Cl2NOS. The third-order valence-electron chi connectivity index (χ3n) is 2.51. The first-order valence-corrected chi connectivity index (χ1v) is 6.64. The molecule has 0 aliphatic heterocycles. The molecule has 2 aromatic rings. The van der Waals surface area contributed by atoms with E-state index in [1.807, 2.05) is 16.8 Å². The molecule has 0 bridgehead atoms. The molecule has 0 saturated heterocycles. The number of rotatable bonds is 3. The van der Waals surface area contributed by atoms with E-state index in [1.165, 1.54) is 0 Å². The third-order valence-corrected chi connectivity index (χ3v) is 3.83. The van der Waals surface area contributed by atoms with Gasteiger partial charge in [0.05, 0.1) is 18.2 Å². The first-order valence-electron chi connectivity index (χ1n) is 4.94. The summed E-state index contributed by atoms with van der Waals surface area (Å²) >= 11 is 13.8. The Morgan fingerprint density at radius 3 is 2.65 bits per heavy atom. The molecule has 0 amide bonds. The zero-order valence-electron chi connectivity index (χ0n) is 9.11. The molecule has 0 radical (unpaired) electrons. The number of ether oxygens (including phenoxy) is 1. The first-order chi connectivity index (χ1) is 8.13. The number of hydrogen-bond acceptors (Lipinski definition) is 3. The zero-order valence-corrected chi connectivity index (χ0v) is 11.4. The Labute approximate surface area is 114 Å². The molecule has 2 nitrogen and oxygen atoms in total. The van der Waals surface area contributed by atoms with E-state index in [0.29, 0.717) is 15.8 Å². The second-order valence-corrected chi connectivity index (χ2v) is 5.14. The minimum absolute atomic E-state index is 0.267. The standard InChI is InChI=1S/C12H11Cl2NOS/c1-16-11-5-9(13)8(4-10(11)14)12(15)7-2-3-17-6-7/h2-6,12H,15H2,1H3. The van der Waals surface area contributed by atoms with Gasteiger partial charge in [-0.15, -0.1) is 0 Å². The molecule has 17 heavy (non-hydrogen) atoms. The van der Waals surface area contributed by atoms with Gasteiger partial charge in [-0.1, -0.05) is 23.2 Å². The van der Waals surface area contributed by atoms with E-state index < -0.39 is 0 Å². The minimum atomic E-state index is -0.267. The Bertz CT molecular complexity index is 513. The van der Waals surface area contributed by atoms with E-state index in [-0.39, 0.29) is 6.04 Å². The fourth-order valence-corrected chi connectivity index (χ4v) is 2.79. The van der Waals surface area contributed by atoms with Crippen molar-refractivity contribution in [2.45, 2.75) is 6.04 Å². The van der Waals surface area contributed by atoms with E-state index in [1.54, 1.807) is 30.6 Å². The van der Waals surface area contributed by atoms with Gasteiger partial charge in [0.15, 0.2) is 0 Å². The molecule has 2 N–H and O–H groups in total. The number of benzene rings is 1. The molecule has 0 saturated carbocycles. The van der Waals surface area contributed by atoms with Gasteiger partial charge >= 0.3 is 0 Å². The zero-order chi connectivity index (χ0) is 12.4. The van der Waals surface area contributed by atoms with Crippen molar-refractivity contribution in [3.05, 3.63) is 50.1 Å². The van der Waals surface area contributed by atoms with E-state index >= 15 is 0 Å². The van der Waals surface area contributed by atoms with E-state index in [0.717, 1.165) is 11.1 Å². The van der Waals surface area contributed by atoms with Crippen LogP contribution in [0.2, 0.25) is 10.0 Å². The minimum Gasteiger partial charge on any atom is -0.495 e. The molecular weight excluding hydrogens is 277 g/mol. The SMILES string of the molecule is COc1cc(Cl)c(C(N)c2ccsc2)cc1Cl. The number of hydrogen-bond donors (Lipinski definition) is 1. The first kappa shape index (κ1) is 12.7. The van der Waals surface area contributed by atoms with Gasteiger partial charge in [0.2, 0.25) is 0 Å². The van der Waals surface area contributed by atoms with Gasteiger partial charge in [-0.05, 0) is 34.0 Å². The third kappa shape index (κ3) is 2.58. The lowest BCUT2D eigenvalue weighted by atomic mass is 10.0. The molecule has 0 aliphatic rings. The Hall–Kier alpha value is -0.740. The van der Waals surface area contributed by atoms with Crippen molar-refractivity contribution in [3.63, 3.8) is 0 Å². The average molecular weight is 288 g/mol. The second kappa shape index (κ2) is 5.27. The van der Waals surface area contributed by atoms with Crippen LogP contribution in [0.5, 0.6) is 5.75 Å². The van der Waals surface area contributed by atoms with Gasteiger partial charge in [0, 0.05) is 11.1 Å². The van der Waals surface area contributed by atoms with E-state index in [4.69, 9.17) is 33.7 Å². The van der Waals surface area contributed by atoms with Gasteiger partial charge in [0.1, 0.15) is 5.75 Å². The average Bonchev–Trinajstić information content (AvgIpc) is 2.84. The lowest BCUT2D eigenvalue weighted by Gasteiger charge is -2.14. The van der Waals surface area contributed by atoms with Crippen LogP contribution < -0.4 is 10.5 Å². The molecule has 5 heteroatoms. The van der Waals surface area contributed by atoms with Crippen molar-refractivity contribution in [1.82, 2.24) is 0 Å². The van der Waals surface area contributed by atoms with Crippen LogP contribution in [0.1, 0.15) is 17.2 Å². The van der Waals surface area contributed by atoms with Crippen LogP contribution in [0.15, 0.2) is 29.0 Å². The second-order valence-electron chi connectivity index (χ2n) is 3.54. The molecule has 0 aliphatic carbocycles. The summed E-state index contributed by atoms with van der Waals surface area (Å²) in [6.07, 6.45) is 0. The summed E-state index contributed by atoms with van der Waals surface area (Å²) in [5.41, 5.74) is 7.97. The highest BCUT2D eigenvalue weighted by atomic mass is 35.5. The van der Waals surface area contributed by atoms with Crippen LogP contribution in [-0.4, -0.2) is 7.11 Å². The molecule has 1 aromatic heterocycles. The maximum absolute atomic E-state index is 6.18. The molecule has 1 unspecified atom stereocenters. The topological polar surface area (TPSA) is 35.2 Å². The summed E-state index contributed by atoms with van der Waals surface area (Å²) in [7, 11) is 1.55. The van der Waals surface area contributed by atoms with E-state index in [2.05, 4.69) is 0 Å². The van der Waals surface area contributed by atoms with Crippen molar-refractivity contribution in [3.8, 4) is 5.75 Å². The summed E-state index contributed by atoms with van der Waals surface area (Å²) in [5, 5.41) is 5.05. The van der Waals surface area contributed by atoms with Gasteiger partial charge in [-0.25, -0.2) is 0 Å². The number of halogens is 2. The van der Waals surface area contributed by atoms with Crippen molar-refractivity contribution >= 4 is 34.5 Å². The Balaban J connectivity index is 2.42. The summed E-state index contributed by atoms with van der Waals surface area (Å²) in [6.45, 7) is 0. The normalized spacial score (nSPS) is 12.5. The smallest absolute Gasteiger partial charge is 0.138 e. The number of thiophene rings is 1. The molecule has 1 atom stereocenters. The van der Waals surface area contributed by atoms with Crippen molar-refractivity contribution in [1.29, 1.82) is 0 Å². The molecule has 1 heterocycles. The summed E-state index contributed by atoms with van der Waals surface area (Å²) < 4.78 is 5.10. The number of methoxy groups -OCH3 is 1. The van der Waals surface area contributed by atoms with Crippen LogP contribution >= 0.6 is 34.5 Å². The molecule has 90 valence electrons. The fraction of sp³-hybridized carbons (Fsp3) is 0.167. The maximum atomic E-state index is 6.18. The summed E-state index contributed by atoms with van der Waals surface area (Å²) in [5.74, 6) is 0.554. The highest BCUT2D eigenvalue weighted by Crippen LogP contribution is 2.35. The Morgan fingerprint density at radius 1 is 1.29 bits per heavy atom. The van der Waals surface area contributed by atoms with Crippen molar-refractivity contribution in [2.75, 3.05) is 7.11 Å². The van der Waals surface area contributed by atoms with Crippen LogP contribution in [0.25, 0.3) is 0 Å². The lowest BCUT2D eigenvalue weighted by Crippen LogP contribution is -2.11. The van der Waals surface area contributed by atoms with Gasteiger partial charge < -0.3 is 10.5 Å². The van der Waals surface area contributed by atoms with Crippen LogP contribution in [0.4, 0.5) is 0 Å². The summed E-state index contributed by atoms with van der Waals surface area (Å²) in [4.78, 5) is 0. The predicted octanol–water partition coefficient (Wildman–Crippen LogP) is 4.11. The largest absolute Gasteiger partial charge is 0.495 e. The quantitative estimate of drug-likeness (QED) is 0.922. The molecule has 0 spiro atoms. The van der Waals surface area contributed by atoms with Crippen LogP contribution in [0.3, 0.4) is 0 Å².